The average molecular weight is 447 g/mol. The predicted octanol–water partition coefficient (Wildman–Crippen LogP) is 1.82. The lowest BCUT2D eigenvalue weighted by Gasteiger charge is -2.40. The van der Waals surface area contributed by atoms with E-state index in [-0.39, 0.29) is 29.9 Å². The molecule has 31 heavy (non-hydrogen) atoms. The van der Waals surface area contributed by atoms with Gasteiger partial charge in [0.15, 0.2) is 0 Å². The van der Waals surface area contributed by atoms with E-state index in [2.05, 4.69) is 9.88 Å². The molecule has 1 aliphatic heterocycles. The van der Waals surface area contributed by atoms with Crippen LogP contribution in [0.4, 0.5) is 0 Å². The summed E-state index contributed by atoms with van der Waals surface area (Å²) in [6.07, 6.45) is 6.53. The molecule has 168 valence electrons. The second-order valence-electron chi connectivity index (χ2n) is 8.45. The molecule has 0 bridgehead atoms. The Morgan fingerprint density at radius 1 is 1.19 bits per heavy atom. The largest absolute Gasteiger partial charge is 0.469 e. The Morgan fingerprint density at radius 2 is 2.00 bits per heavy atom. The number of hydrogen-bond donors (Lipinski definition) is 0. The number of piperazine rings is 1. The molecule has 1 saturated heterocycles. The van der Waals surface area contributed by atoms with Crippen molar-refractivity contribution in [1.29, 1.82) is 0 Å². The molecule has 2 aromatic heterocycles. The van der Waals surface area contributed by atoms with Crippen molar-refractivity contribution in [2.24, 2.45) is 0 Å². The number of nitrogens with zero attached hydrogens (tertiary/aromatic N) is 4. The van der Waals surface area contributed by atoms with Crippen molar-refractivity contribution in [1.82, 2.24) is 19.4 Å². The monoisotopic (exact) mass is 446 g/mol. The number of hydrogen-bond acceptors (Lipinski definition) is 7. The van der Waals surface area contributed by atoms with Gasteiger partial charge in [-0.25, -0.2) is 4.98 Å². The minimum absolute atomic E-state index is 0.0159. The van der Waals surface area contributed by atoms with Gasteiger partial charge in [-0.2, -0.15) is 0 Å². The van der Waals surface area contributed by atoms with Crippen LogP contribution in [0.1, 0.15) is 43.0 Å². The predicted molar refractivity (Wildman–Crippen MR) is 119 cm³/mol. The fraction of sp³-hybridized carbons (Fsp3) is 0.636. The van der Waals surface area contributed by atoms with Gasteiger partial charge in [-0.3, -0.25) is 23.9 Å². The topological polar surface area (TPSA) is 84.7 Å². The van der Waals surface area contributed by atoms with E-state index in [4.69, 9.17) is 4.74 Å². The average Bonchev–Trinajstić information content (AvgIpc) is 3.16. The van der Waals surface area contributed by atoms with Gasteiger partial charge in [0.05, 0.1) is 25.2 Å². The molecule has 1 aliphatic carbocycles. The number of methoxy groups -OCH3 is 1. The van der Waals surface area contributed by atoms with Crippen LogP contribution < -0.4 is 5.56 Å². The fourth-order valence-electron chi connectivity index (χ4n) is 4.66. The lowest BCUT2D eigenvalue weighted by atomic mass is 9.97. The number of carbonyl (C=O) groups excluding carboxylic acids is 2. The van der Waals surface area contributed by atoms with Crippen molar-refractivity contribution in [3.63, 3.8) is 0 Å². The highest BCUT2D eigenvalue weighted by atomic mass is 32.1. The summed E-state index contributed by atoms with van der Waals surface area (Å²) in [5.74, 6) is -0.159. The van der Waals surface area contributed by atoms with E-state index in [1.807, 2.05) is 11.8 Å². The third-order valence-corrected chi connectivity index (χ3v) is 7.60. The Kier molecular flexibility index (Phi) is 6.71. The number of thiophene rings is 1. The summed E-state index contributed by atoms with van der Waals surface area (Å²) in [6, 6.07) is 0.0696. The number of amides is 1. The molecule has 0 saturated carbocycles. The smallest absolute Gasteiger partial charge is 0.306 e. The van der Waals surface area contributed by atoms with Crippen LogP contribution in [0.5, 0.6) is 0 Å². The van der Waals surface area contributed by atoms with Crippen molar-refractivity contribution in [3.8, 4) is 0 Å². The van der Waals surface area contributed by atoms with Crippen LogP contribution in [-0.2, 0) is 33.7 Å². The Morgan fingerprint density at radius 3 is 2.77 bits per heavy atom. The first-order valence-corrected chi connectivity index (χ1v) is 11.9. The van der Waals surface area contributed by atoms with Crippen LogP contribution in [-0.4, -0.2) is 70.6 Å². The molecular formula is C22H30N4O4S. The Bertz CT molecular complexity index is 1030. The highest BCUT2D eigenvalue weighted by molar-refractivity contribution is 7.18. The van der Waals surface area contributed by atoms with Crippen LogP contribution in [0.2, 0.25) is 0 Å². The van der Waals surface area contributed by atoms with Gasteiger partial charge in [0.1, 0.15) is 4.83 Å². The van der Waals surface area contributed by atoms with Gasteiger partial charge in [0, 0.05) is 50.1 Å². The van der Waals surface area contributed by atoms with Gasteiger partial charge in [-0.05, 0) is 38.2 Å². The van der Waals surface area contributed by atoms with E-state index in [0.29, 0.717) is 26.1 Å². The highest BCUT2D eigenvalue weighted by Crippen LogP contribution is 2.33. The maximum atomic E-state index is 13.1. The van der Waals surface area contributed by atoms with Crippen LogP contribution in [0.15, 0.2) is 11.1 Å². The number of esters is 1. The highest BCUT2D eigenvalue weighted by Gasteiger charge is 2.27. The first kappa shape index (κ1) is 22.0. The molecule has 1 amide bonds. The lowest BCUT2D eigenvalue weighted by Crippen LogP contribution is -2.54. The SMILES string of the molecule is COC(=O)CCN1CCN(C(=O)CCn2cnc3sc4c(c3c2=O)CCCC4)[C@@H](C)C1. The number of aromatic nitrogens is 2. The minimum atomic E-state index is -0.214. The van der Waals surface area contributed by atoms with Crippen LogP contribution in [0.3, 0.4) is 0 Å². The summed E-state index contributed by atoms with van der Waals surface area (Å²) in [4.78, 5) is 48.0. The molecule has 0 spiro atoms. The molecule has 9 heteroatoms. The molecule has 3 heterocycles. The fourth-order valence-corrected chi connectivity index (χ4v) is 5.88. The summed E-state index contributed by atoms with van der Waals surface area (Å²) >= 11 is 1.64. The molecular weight excluding hydrogens is 416 g/mol. The zero-order chi connectivity index (χ0) is 22.0. The van der Waals surface area contributed by atoms with Crippen LogP contribution in [0.25, 0.3) is 10.2 Å². The van der Waals surface area contributed by atoms with Gasteiger partial charge in [0.2, 0.25) is 5.91 Å². The van der Waals surface area contributed by atoms with E-state index in [0.717, 1.165) is 42.6 Å². The lowest BCUT2D eigenvalue weighted by molar-refractivity contribution is -0.142. The van der Waals surface area contributed by atoms with Crippen LogP contribution >= 0.6 is 11.3 Å². The summed E-state index contributed by atoms with van der Waals surface area (Å²) in [5.41, 5.74) is 1.17. The maximum absolute atomic E-state index is 13.1. The van der Waals surface area contributed by atoms with Crippen LogP contribution in [0, 0.1) is 0 Å². The van der Waals surface area contributed by atoms with E-state index in [1.54, 1.807) is 22.2 Å². The standard InChI is InChI=1S/C22H30N4O4S/c1-15-13-24(9-8-19(28)30-2)11-12-26(15)18(27)7-10-25-14-23-21-20(22(25)29)16-5-3-4-6-17(16)31-21/h14-15H,3-13H2,1-2H3/t15-/m0/s1. The van der Waals surface area contributed by atoms with Crippen molar-refractivity contribution < 1.29 is 14.3 Å². The normalized spacial score (nSPS) is 19.4. The first-order valence-electron chi connectivity index (χ1n) is 11.1. The summed E-state index contributed by atoms with van der Waals surface area (Å²) in [7, 11) is 1.40. The van der Waals surface area contributed by atoms with Crippen molar-refractivity contribution in [2.75, 3.05) is 33.3 Å². The Balaban J connectivity index is 1.37. The summed E-state index contributed by atoms with van der Waals surface area (Å²) in [6.45, 7) is 5.12. The second kappa shape index (κ2) is 9.48. The van der Waals surface area contributed by atoms with E-state index >= 15 is 0 Å². The van der Waals surface area contributed by atoms with Gasteiger partial charge in [0.25, 0.3) is 5.56 Å². The third-order valence-electron chi connectivity index (χ3n) is 6.40. The van der Waals surface area contributed by atoms with E-state index in [1.165, 1.54) is 24.0 Å². The molecule has 0 N–H and O–H groups in total. The number of fused-ring (bicyclic) bond motifs is 3. The number of rotatable bonds is 6. The molecule has 4 rings (SSSR count). The molecule has 2 aromatic rings. The molecule has 0 radical (unpaired) electrons. The maximum Gasteiger partial charge on any atom is 0.306 e. The molecule has 1 fully saturated rings. The van der Waals surface area contributed by atoms with Gasteiger partial charge < -0.3 is 9.64 Å². The molecule has 2 aliphatic rings. The second-order valence-corrected chi connectivity index (χ2v) is 9.53. The Labute approximate surface area is 185 Å². The van der Waals surface area contributed by atoms with Crippen molar-refractivity contribution in [3.05, 3.63) is 27.1 Å². The molecule has 0 aromatic carbocycles. The van der Waals surface area contributed by atoms with E-state index in [9.17, 15) is 14.4 Å². The summed E-state index contributed by atoms with van der Waals surface area (Å²) < 4.78 is 6.30. The first-order chi connectivity index (χ1) is 15.0. The zero-order valence-corrected chi connectivity index (χ0v) is 19.1. The minimum Gasteiger partial charge on any atom is -0.469 e. The van der Waals surface area contributed by atoms with Gasteiger partial charge in [-0.1, -0.05) is 0 Å². The zero-order valence-electron chi connectivity index (χ0n) is 18.3. The molecule has 8 nitrogen and oxygen atoms in total. The number of ether oxygens (including phenoxy) is 1. The molecule has 0 unspecified atom stereocenters. The third kappa shape index (κ3) is 4.67. The van der Waals surface area contributed by atoms with Crippen molar-refractivity contribution >= 4 is 33.4 Å². The quantitative estimate of drug-likeness (QED) is 0.630. The van der Waals surface area contributed by atoms with Gasteiger partial charge >= 0.3 is 5.97 Å². The van der Waals surface area contributed by atoms with E-state index < -0.39 is 0 Å². The number of aryl methyl sites for hydroxylation is 3. The number of carbonyl (C=O) groups is 2. The molecule has 1 atom stereocenters. The van der Waals surface area contributed by atoms with Gasteiger partial charge in [-0.15, -0.1) is 11.3 Å². The van der Waals surface area contributed by atoms with Crippen molar-refractivity contribution in [2.45, 2.75) is 58.0 Å². The Hall–Kier alpha value is -2.26. The summed E-state index contributed by atoms with van der Waals surface area (Å²) in [5, 5.41) is 0.766.